The summed E-state index contributed by atoms with van der Waals surface area (Å²) >= 11 is 5.81. The summed E-state index contributed by atoms with van der Waals surface area (Å²) in [5, 5.41) is 0.689. The maximum Gasteiger partial charge on any atom is 0.289 e. The van der Waals surface area contributed by atoms with Crippen LogP contribution >= 0.6 is 11.6 Å². The summed E-state index contributed by atoms with van der Waals surface area (Å²) < 4.78 is 5.31. The minimum absolute atomic E-state index is 0.127. The number of carbonyl (C=O) groups is 1. The molecule has 0 unspecified atom stereocenters. The van der Waals surface area contributed by atoms with Gasteiger partial charge in [0, 0.05) is 18.6 Å². The van der Waals surface area contributed by atoms with Crippen LogP contribution in [0.3, 0.4) is 0 Å². The van der Waals surface area contributed by atoms with Crippen LogP contribution < -0.4 is 0 Å². The summed E-state index contributed by atoms with van der Waals surface area (Å²) in [5.41, 5.74) is 1.03. The van der Waals surface area contributed by atoms with E-state index in [1.165, 1.54) is 0 Å². The fourth-order valence-corrected chi connectivity index (χ4v) is 1.80. The van der Waals surface area contributed by atoms with Crippen molar-refractivity contribution in [2.75, 3.05) is 7.05 Å². The van der Waals surface area contributed by atoms with Gasteiger partial charge in [0.05, 0.1) is 0 Å². The molecule has 0 aliphatic carbocycles. The molecule has 0 saturated heterocycles. The molecule has 2 rings (SSSR count). The Kier molecular flexibility index (Phi) is 3.72. The Morgan fingerprint density at radius 1 is 1.22 bits per heavy atom. The standard InChI is InChI=1S/C14H14ClNO2/c1-10-3-8-13(18-10)14(17)16(2)9-11-4-6-12(15)7-5-11/h3-8H,9H2,1-2H3. The molecule has 0 aliphatic rings. The summed E-state index contributed by atoms with van der Waals surface area (Å²) in [4.78, 5) is 13.6. The number of benzene rings is 1. The summed E-state index contributed by atoms with van der Waals surface area (Å²) in [6, 6.07) is 10.9. The third kappa shape index (κ3) is 2.93. The number of carbonyl (C=O) groups excluding carboxylic acids is 1. The van der Waals surface area contributed by atoms with Gasteiger partial charge < -0.3 is 9.32 Å². The number of furan rings is 1. The zero-order valence-corrected chi connectivity index (χ0v) is 11.1. The van der Waals surface area contributed by atoms with E-state index in [9.17, 15) is 4.79 Å². The van der Waals surface area contributed by atoms with E-state index in [-0.39, 0.29) is 5.91 Å². The Balaban J connectivity index is 2.05. The average molecular weight is 264 g/mol. The molecule has 0 radical (unpaired) electrons. The van der Waals surface area contributed by atoms with Gasteiger partial charge in [-0.3, -0.25) is 4.79 Å². The lowest BCUT2D eigenvalue weighted by Crippen LogP contribution is -2.25. The highest BCUT2D eigenvalue weighted by atomic mass is 35.5. The van der Waals surface area contributed by atoms with Crippen molar-refractivity contribution in [1.29, 1.82) is 0 Å². The fourth-order valence-electron chi connectivity index (χ4n) is 1.67. The van der Waals surface area contributed by atoms with Crippen LogP contribution in [-0.2, 0) is 6.54 Å². The fraction of sp³-hybridized carbons (Fsp3) is 0.214. The molecule has 0 fully saturated rings. The van der Waals surface area contributed by atoms with Gasteiger partial charge in [0.2, 0.25) is 0 Å². The number of hydrogen-bond donors (Lipinski definition) is 0. The number of hydrogen-bond acceptors (Lipinski definition) is 2. The van der Waals surface area contributed by atoms with Crippen molar-refractivity contribution in [1.82, 2.24) is 4.90 Å². The van der Waals surface area contributed by atoms with Crippen molar-refractivity contribution in [3.05, 3.63) is 58.5 Å². The summed E-state index contributed by atoms with van der Waals surface area (Å²) in [5.74, 6) is 0.972. The Bertz CT molecular complexity index is 545. The van der Waals surface area contributed by atoms with E-state index in [1.54, 1.807) is 24.1 Å². The maximum atomic E-state index is 12.0. The van der Waals surface area contributed by atoms with Crippen molar-refractivity contribution in [3.8, 4) is 0 Å². The van der Waals surface area contributed by atoms with E-state index in [0.717, 1.165) is 11.3 Å². The molecule has 1 aromatic carbocycles. The first-order valence-corrected chi connectivity index (χ1v) is 6.00. The lowest BCUT2D eigenvalue weighted by Gasteiger charge is -2.15. The molecule has 0 bridgehead atoms. The lowest BCUT2D eigenvalue weighted by atomic mass is 10.2. The molecule has 3 nitrogen and oxygen atoms in total. The van der Waals surface area contributed by atoms with Gasteiger partial charge in [0.25, 0.3) is 5.91 Å². The smallest absolute Gasteiger partial charge is 0.289 e. The Labute approximate surface area is 111 Å². The second-order valence-electron chi connectivity index (χ2n) is 4.20. The van der Waals surface area contributed by atoms with Crippen molar-refractivity contribution in [2.45, 2.75) is 13.5 Å². The van der Waals surface area contributed by atoms with Crippen LogP contribution in [0.15, 0.2) is 40.8 Å². The first-order chi connectivity index (χ1) is 8.56. The van der Waals surface area contributed by atoms with Gasteiger partial charge in [-0.05, 0) is 36.8 Å². The van der Waals surface area contributed by atoms with Crippen molar-refractivity contribution in [3.63, 3.8) is 0 Å². The third-order valence-electron chi connectivity index (χ3n) is 2.63. The predicted octanol–water partition coefficient (Wildman–Crippen LogP) is 3.51. The van der Waals surface area contributed by atoms with Crippen LogP contribution in [0.4, 0.5) is 0 Å². The minimum Gasteiger partial charge on any atom is -0.456 e. The van der Waals surface area contributed by atoms with Gasteiger partial charge >= 0.3 is 0 Å². The van der Waals surface area contributed by atoms with Gasteiger partial charge in [-0.25, -0.2) is 0 Å². The van der Waals surface area contributed by atoms with E-state index < -0.39 is 0 Å². The monoisotopic (exact) mass is 263 g/mol. The highest BCUT2D eigenvalue weighted by molar-refractivity contribution is 6.30. The number of amides is 1. The van der Waals surface area contributed by atoms with Gasteiger partial charge in [-0.1, -0.05) is 23.7 Å². The number of aryl methyl sites for hydroxylation is 1. The van der Waals surface area contributed by atoms with Gasteiger partial charge in [0.1, 0.15) is 5.76 Å². The molecule has 1 amide bonds. The molecule has 0 spiro atoms. The molecule has 0 saturated carbocycles. The first kappa shape index (κ1) is 12.7. The second-order valence-corrected chi connectivity index (χ2v) is 4.63. The lowest BCUT2D eigenvalue weighted by molar-refractivity contribution is 0.0752. The maximum absolute atomic E-state index is 12.0. The van der Waals surface area contributed by atoms with Crippen LogP contribution in [0.5, 0.6) is 0 Å². The van der Waals surface area contributed by atoms with Crippen molar-refractivity contribution in [2.24, 2.45) is 0 Å². The molecule has 0 atom stereocenters. The van der Waals surface area contributed by atoms with Gasteiger partial charge in [-0.2, -0.15) is 0 Å². The van der Waals surface area contributed by atoms with Crippen LogP contribution in [0, 0.1) is 6.92 Å². The van der Waals surface area contributed by atoms with Gasteiger partial charge in [-0.15, -0.1) is 0 Å². The van der Waals surface area contributed by atoms with E-state index in [0.29, 0.717) is 17.3 Å². The highest BCUT2D eigenvalue weighted by Gasteiger charge is 2.15. The molecule has 0 N–H and O–H groups in total. The average Bonchev–Trinajstić information content (AvgIpc) is 2.78. The van der Waals surface area contributed by atoms with E-state index >= 15 is 0 Å². The quantitative estimate of drug-likeness (QED) is 0.849. The SMILES string of the molecule is Cc1ccc(C(=O)N(C)Cc2ccc(Cl)cc2)o1. The zero-order chi connectivity index (χ0) is 13.1. The van der Waals surface area contributed by atoms with Crippen molar-refractivity contribution < 1.29 is 9.21 Å². The number of rotatable bonds is 3. The van der Waals surface area contributed by atoms with E-state index in [4.69, 9.17) is 16.0 Å². The molecule has 94 valence electrons. The van der Waals surface area contributed by atoms with Crippen molar-refractivity contribution >= 4 is 17.5 Å². The summed E-state index contributed by atoms with van der Waals surface area (Å²) in [6.45, 7) is 2.34. The van der Waals surface area contributed by atoms with Crippen LogP contribution in [0.1, 0.15) is 21.9 Å². The molecule has 1 aromatic heterocycles. The summed E-state index contributed by atoms with van der Waals surface area (Å²) in [7, 11) is 1.74. The molecule has 4 heteroatoms. The van der Waals surface area contributed by atoms with E-state index in [1.807, 2.05) is 31.2 Å². The molecule has 2 aromatic rings. The van der Waals surface area contributed by atoms with Crippen LogP contribution in [-0.4, -0.2) is 17.9 Å². The summed E-state index contributed by atoms with van der Waals surface area (Å²) in [6.07, 6.45) is 0. The Morgan fingerprint density at radius 3 is 2.44 bits per heavy atom. The zero-order valence-electron chi connectivity index (χ0n) is 10.3. The minimum atomic E-state index is -0.127. The molecule has 0 aliphatic heterocycles. The van der Waals surface area contributed by atoms with E-state index in [2.05, 4.69) is 0 Å². The largest absolute Gasteiger partial charge is 0.456 e. The second kappa shape index (κ2) is 5.27. The molecular formula is C14H14ClNO2. The number of nitrogens with zero attached hydrogens (tertiary/aromatic N) is 1. The molecule has 1 heterocycles. The molecule has 18 heavy (non-hydrogen) atoms. The van der Waals surface area contributed by atoms with Crippen LogP contribution in [0.2, 0.25) is 5.02 Å². The normalized spacial score (nSPS) is 10.4. The van der Waals surface area contributed by atoms with Gasteiger partial charge in [0.15, 0.2) is 5.76 Å². The Hall–Kier alpha value is -1.74. The topological polar surface area (TPSA) is 33.5 Å². The highest BCUT2D eigenvalue weighted by Crippen LogP contribution is 2.13. The Morgan fingerprint density at radius 2 is 1.89 bits per heavy atom. The molecular weight excluding hydrogens is 250 g/mol. The predicted molar refractivity (Wildman–Crippen MR) is 70.7 cm³/mol. The third-order valence-corrected chi connectivity index (χ3v) is 2.88. The first-order valence-electron chi connectivity index (χ1n) is 5.62. The van der Waals surface area contributed by atoms with Crippen LogP contribution in [0.25, 0.3) is 0 Å². The number of halogens is 1.